The first-order valence-electron chi connectivity index (χ1n) is 13.7. The maximum atomic E-state index is 10.7. The number of aliphatic hydroxyl groups is 2. The van der Waals surface area contributed by atoms with Crippen LogP contribution >= 0.6 is 0 Å². The Kier molecular flexibility index (Phi) is 11.4. The van der Waals surface area contributed by atoms with Crippen LogP contribution in [0.15, 0.2) is 42.5 Å². The van der Waals surface area contributed by atoms with Gasteiger partial charge in [0.25, 0.3) is 0 Å². The zero-order chi connectivity index (χ0) is 27.6. The number of hydrogen-bond donors (Lipinski definition) is 3. The van der Waals surface area contributed by atoms with Gasteiger partial charge < -0.3 is 20.1 Å². The van der Waals surface area contributed by atoms with Crippen LogP contribution in [0.4, 0.5) is 0 Å². The maximum Gasteiger partial charge on any atom is 0.303 e. The van der Waals surface area contributed by atoms with E-state index in [1.54, 1.807) is 0 Å². The number of ether oxygens (including phenoxy) is 1. The number of aliphatic hydroxyl groups excluding tert-OH is 1. The second-order valence-corrected chi connectivity index (χ2v) is 10.2. The van der Waals surface area contributed by atoms with Crippen LogP contribution in [0.5, 0.6) is 5.75 Å². The number of aliphatic carboxylic acids is 1. The number of carbonyl (C=O) groups is 1. The third kappa shape index (κ3) is 7.93. The highest BCUT2D eigenvalue weighted by atomic mass is 16.5. The van der Waals surface area contributed by atoms with Gasteiger partial charge in [0, 0.05) is 11.8 Å². The van der Waals surface area contributed by atoms with E-state index >= 15 is 0 Å². The first-order chi connectivity index (χ1) is 17.5. The van der Waals surface area contributed by atoms with Crippen molar-refractivity contribution in [1.82, 2.24) is 0 Å². The molecule has 0 saturated heterocycles. The molecular weight excluding hydrogens is 464 g/mol. The van der Waals surface area contributed by atoms with E-state index in [4.69, 9.17) is 9.84 Å². The fourth-order valence-electron chi connectivity index (χ4n) is 4.99. The average molecular weight is 511 g/mol. The van der Waals surface area contributed by atoms with Gasteiger partial charge in [-0.15, -0.1) is 0 Å². The number of carboxylic acids is 1. The molecule has 1 atom stereocenters. The zero-order valence-electron chi connectivity index (χ0n) is 23.5. The third-order valence-corrected chi connectivity index (χ3v) is 7.91. The van der Waals surface area contributed by atoms with Crippen molar-refractivity contribution in [2.24, 2.45) is 0 Å². The third-order valence-electron chi connectivity index (χ3n) is 7.91. The zero-order valence-corrected chi connectivity index (χ0v) is 23.5. The van der Waals surface area contributed by atoms with Gasteiger partial charge in [-0.1, -0.05) is 70.2 Å². The molecule has 5 heteroatoms. The van der Waals surface area contributed by atoms with Gasteiger partial charge in [0.1, 0.15) is 12.4 Å². The highest BCUT2D eigenvalue weighted by Crippen LogP contribution is 2.41. The fraction of sp³-hybridized carbons (Fsp3) is 0.531. The molecule has 0 aromatic heterocycles. The Morgan fingerprint density at radius 2 is 1.54 bits per heavy atom. The minimum atomic E-state index is -0.851. The molecule has 3 N–H and O–H groups in total. The van der Waals surface area contributed by atoms with Crippen LogP contribution in [0.3, 0.4) is 0 Å². The molecule has 0 bridgehead atoms. The molecule has 0 amide bonds. The molecule has 0 fully saturated rings. The molecule has 0 radical (unpaired) electrons. The molecule has 0 spiro atoms. The van der Waals surface area contributed by atoms with Crippen LogP contribution in [-0.4, -0.2) is 39.6 Å². The van der Waals surface area contributed by atoms with Crippen molar-refractivity contribution in [1.29, 1.82) is 0 Å². The summed E-state index contributed by atoms with van der Waals surface area (Å²) < 4.78 is 5.88. The van der Waals surface area contributed by atoms with E-state index < -0.39 is 17.7 Å². The number of carboxylic acid groups (broad SMARTS) is 1. The topological polar surface area (TPSA) is 87.0 Å². The molecule has 204 valence electrons. The second-order valence-electron chi connectivity index (χ2n) is 10.2. The van der Waals surface area contributed by atoms with Crippen LogP contribution in [0.25, 0.3) is 6.08 Å². The van der Waals surface area contributed by atoms with Gasteiger partial charge in [-0.3, -0.25) is 4.79 Å². The first kappa shape index (κ1) is 30.6. The number of hydrogen-bond acceptors (Lipinski definition) is 4. The van der Waals surface area contributed by atoms with E-state index in [2.05, 4.69) is 51.1 Å². The van der Waals surface area contributed by atoms with Gasteiger partial charge in [0.05, 0.1) is 11.7 Å². The number of benzene rings is 2. The van der Waals surface area contributed by atoms with E-state index in [0.29, 0.717) is 25.7 Å². The van der Waals surface area contributed by atoms with E-state index in [0.717, 1.165) is 29.7 Å². The van der Waals surface area contributed by atoms with E-state index in [-0.39, 0.29) is 18.4 Å². The molecular formula is C32H46O5. The van der Waals surface area contributed by atoms with E-state index in [9.17, 15) is 15.0 Å². The van der Waals surface area contributed by atoms with Gasteiger partial charge >= 0.3 is 5.97 Å². The largest absolute Gasteiger partial charge is 0.491 e. The lowest BCUT2D eigenvalue weighted by Gasteiger charge is -2.34. The molecule has 2 aromatic carbocycles. The van der Waals surface area contributed by atoms with Crippen molar-refractivity contribution in [3.63, 3.8) is 0 Å². The SMILES string of the molecule is CCC(O)(C=Cc1ccc(C(CC)(CC)c2ccc(OC[C@@H](O)CCCC(=O)O)c(C)c2)cc1C)CC. The summed E-state index contributed by atoms with van der Waals surface area (Å²) >= 11 is 0. The van der Waals surface area contributed by atoms with Crippen molar-refractivity contribution in [2.45, 2.75) is 104 Å². The standard InChI is InChI=1S/C32H46O5/c1-7-31(36,8-2)19-18-25-14-15-26(20-23(25)5)32(9-3,10-4)27-16-17-29(24(6)21-27)37-22-28(33)12-11-13-30(34)35/h14-21,28,33,36H,7-13,22H2,1-6H3,(H,34,35)/t28-/m0/s1. The first-order valence-corrected chi connectivity index (χ1v) is 13.7. The van der Waals surface area contributed by atoms with Crippen LogP contribution in [0.2, 0.25) is 0 Å². The summed E-state index contributed by atoms with van der Waals surface area (Å²) in [5.41, 5.74) is 4.91. The van der Waals surface area contributed by atoms with Gasteiger partial charge in [0.15, 0.2) is 0 Å². The maximum absolute atomic E-state index is 10.7. The van der Waals surface area contributed by atoms with Gasteiger partial charge in [0.2, 0.25) is 0 Å². The lowest BCUT2D eigenvalue weighted by Crippen LogP contribution is -2.26. The highest BCUT2D eigenvalue weighted by Gasteiger charge is 2.31. The summed E-state index contributed by atoms with van der Waals surface area (Å²) in [6, 6.07) is 12.9. The lowest BCUT2D eigenvalue weighted by atomic mass is 9.70. The Balaban J connectivity index is 2.26. The summed E-state index contributed by atoms with van der Waals surface area (Å²) in [6.07, 6.45) is 7.44. The van der Waals surface area contributed by atoms with Crippen molar-refractivity contribution < 1.29 is 24.9 Å². The van der Waals surface area contributed by atoms with Crippen LogP contribution in [0.1, 0.15) is 100 Å². The van der Waals surface area contributed by atoms with E-state index in [1.807, 2.05) is 39.0 Å². The van der Waals surface area contributed by atoms with Crippen molar-refractivity contribution >= 4 is 12.0 Å². The molecule has 0 aliphatic carbocycles. The summed E-state index contributed by atoms with van der Waals surface area (Å²) in [6.45, 7) is 12.7. The molecule has 2 rings (SSSR count). The highest BCUT2D eigenvalue weighted by molar-refractivity contribution is 5.66. The summed E-state index contributed by atoms with van der Waals surface area (Å²) in [5, 5.41) is 29.5. The minimum Gasteiger partial charge on any atom is -0.491 e. The molecule has 0 aliphatic heterocycles. The Morgan fingerprint density at radius 3 is 2.05 bits per heavy atom. The molecule has 0 saturated carbocycles. The normalized spacial score (nSPS) is 13.2. The summed E-state index contributed by atoms with van der Waals surface area (Å²) in [7, 11) is 0. The minimum absolute atomic E-state index is 0.0529. The predicted molar refractivity (Wildman–Crippen MR) is 151 cm³/mol. The van der Waals surface area contributed by atoms with Crippen molar-refractivity contribution in [3.05, 3.63) is 70.3 Å². The predicted octanol–water partition coefficient (Wildman–Crippen LogP) is 6.97. The molecule has 2 aromatic rings. The van der Waals surface area contributed by atoms with E-state index in [1.165, 1.54) is 16.7 Å². The Labute approximate surface area is 223 Å². The molecule has 5 nitrogen and oxygen atoms in total. The molecule has 0 unspecified atom stereocenters. The molecule has 0 heterocycles. The Hall–Kier alpha value is -2.63. The van der Waals surface area contributed by atoms with Gasteiger partial charge in [-0.25, -0.2) is 0 Å². The average Bonchev–Trinajstić information content (AvgIpc) is 2.88. The van der Waals surface area contributed by atoms with Gasteiger partial charge in [-0.05, 0) is 86.3 Å². The number of aryl methyl sites for hydroxylation is 2. The smallest absolute Gasteiger partial charge is 0.303 e. The van der Waals surface area contributed by atoms with Crippen LogP contribution in [-0.2, 0) is 10.2 Å². The lowest BCUT2D eigenvalue weighted by molar-refractivity contribution is -0.137. The fourth-order valence-corrected chi connectivity index (χ4v) is 4.99. The summed E-state index contributed by atoms with van der Waals surface area (Å²) in [4.78, 5) is 10.7. The molecule has 37 heavy (non-hydrogen) atoms. The number of rotatable bonds is 15. The van der Waals surface area contributed by atoms with Crippen LogP contribution < -0.4 is 4.74 Å². The summed E-state index contributed by atoms with van der Waals surface area (Å²) in [5.74, 6) is -0.116. The van der Waals surface area contributed by atoms with Crippen LogP contribution in [0, 0.1) is 13.8 Å². The Bertz CT molecular complexity index is 1050. The molecule has 0 aliphatic rings. The Morgan fingerprint density at radius 1 is 0.946 bits per heavy atom. The van der Waals surface area contributed by atoms with Crippen molar-refractivity contribution in [3.8, 4) is 5.75 Å². The monoisotopic (exact) mass is 510 g/mol. The van der Waals surface area contributed by atoms with Crippen molar-refractivity contribution in [2.75, 3.05) is 6.61 Å². The quantitative estimate of drug-likeness (QED) is 0.241. The second kappa shape index (κ2) is 13.8. The van der Waals surface area contributed by atoms with Gasteiger partial charge in [-0.2, -0.15) is 0 Å².